The van der Waals surface area contributed by atoms with Gasteiger partial charge in [0, 0.05) is 49.8 Å². The van der Waals surface area contributed by atoms with E-state index in [1.54, 1.807) is 36.2 Å². The number of hydrogen-bond acceptors (Lipinski definition) is 10. The molecule has 1 saturated heterocycles. The molecule has 2 aromatic carbocycles. The van der Waals surface area contributed by atoms with Crippen LogP contribution in [-0.2, 0) is 0 Å². The van der Waals surface area contributed by atoms with E-state index in [4.69, 9.17) is 19.6 Å². The predicted molar refractivity (Wildman–Crippen MR) is 147 cm³/mol. The molecule has 194 valence electrons. The molecule has 1 aliphatic heterocycles. The molecule has 39 heavy (non-hydrogen) atoms. The SMILES string of the molecule is COc1ccc(-c2c(C#N)c(N3CCNCC3)nc3nc(Nc4ccc(Oc5ccncc5)cc4)nn23)cc1. The maximum Gasteiger partial charge on any atom is 0.256 e. The minimum atomic E-state index is 0.362. The first-order chi connectivity index (χ1) is 19.2. The summed E-state index contributed by atoms with van der Waals surface area (Å²) in [5, 5.41) is 21.6. The summed E-state index contributed by atoms with van der Waals surface area (Å²) in [5.41, 5.74) is 2.66. The molecule has 0 unspecified atom stereocenters. The smallest absolute Gasteiger partial charge is 0.256 e. The van der Waals surface area contributed by atoms with Gasteiger partial charge in [-0.2, -0.15) is 19.7 Å². The summed E-state index contributed by atoms with van der Waals surface area (Å²) in [6.45, 7) is 3.12. The second-order valence-corrected chi connectivity index (χ2v) is 8.82. The molecule has 0 spiro atoms. The molecule has 6 rings (SSSR count). The molecule has 11 heteroatoms. The molecule has 0 atom stereocenters. The third-order valence-corrected chi connectivity index (χ3v) is 6.36. The summed E-state index contributed by atoms with van der Waals surface area (Å²) in [5.74, 6) is 3.49. The second-order valence-electron chi connectivity index (χ2n) is 8.82. The van der Waals surface area contributed by atoms with Crippen LogP contribution in [-0.4, -0.2) is 57.9 Å². The molecule has 1 fully saturated rings. The number of nitriles is 1. The second kappa shape index (κ2) is 10.6. The lowest BCUT2D eigenvalue weighted by molar-refractivity contribution is 0.415. The van der Waals surface area contributed by atoms with Gasteiger partial charge in [-0.3, -0.25) is 4.98 Å². The first-order valence-electron chi connectivity index (χ1n) is 12.5. The molecule has 3 aromatic heterocycles. The molecule has 0 bridgehead atoms. The van der Waals surface area contributed by atoms with Crippen LogP contribution in [0.15, 0.2) is 73.1 Å². The molecule has 4 heterocycles. The number of benzene rings is 2. The van der Waals surface area contributed by atoms with Crippen LogP contribution in [0.2, 0.25) is 0 Å². The Hall–Kier alpha value is -5.21. The van der Waals surface area contributed by atoms with E-state index in [2.05, 4.69) is 31.6 Å². The van der Waals surface area contributed by atoms with E-state index < -0.39 is 0 Å². The Kier molecular flexibility index (Phi) is 6.59. The zero-order chi connectivity index (χ0) is 26.6. The van der Waals surface area contributed by atoms with Crippen LogP contribution >= 0.6 is 0 Å². The van der Waals surface area contributed by atoms with Crippen molar-refractivity contribution >= 4 is 23.2 Å². The molecule has 0 amide bonds. The zero-order valence-corrected chi connectivity index (χ0v) is 21.2. The van der Waals surface area contributed by atoms with Crippen molar-refractivity contribution in [2.75, 3.05) is 43.5 Å². The van der Waals surface area contributed by atoms with Gasteiger partial charge in [0.25, 0.3) is 5.78 Å². The van der Waals surface area contributed by atoms with Crippen molar-refractivity contribution in [1.82, 2.24) is 29.9 Å². The van der Waals surface area contributed by atoms with Gasteiger partial charge in [-0.15, -0.1) is 5.10 Å². The van der Waals surface area contributed by atoms with Crippen LogP contribution in [0.25, 0.3) is 17.0 Å². The number of aromatic nitrogens is 5. The number of anilines is 3. The first kappa shape index (κ1) is 24.1. The summed E-state index contributed by atoms with van der Waals surface area (Å²) in [6, 6.07) is 21.0. The van der Waals surface area contributed by atoms with Gasteiger partial charge in [0.05, 0.1) is 12.8 Å². The van der Waals surface area contributed by atoms with Crippen LogP contribution in [0.1, 0.15) is 5.56 Å². The lowest BCUT2D eigenvalue weighted by Gasteiger charge is -2.29. The first-order valence-corrected chi connectivity index (χ1v) is 12.5. The van der Waals surface area contributed by atoms with Crippen molar-refractivity contribution in [1.29, 1.82) is 5.26 Å². The predicted octanol–water partition coefficient (Wildman–Crippen LogP) is 4.01. The van der Waals surface area contributed by atoms with Gasteiger partial charge in [-0.1, -0.05) is 0 Å². The van der Waals surface area contributed by atoms with Gasteiger partial charge in [-0.05, 0) is 60.7 Å². The van der Waals surface area contributed by atoms with Gasteiger partial charge < -0.3 is 25.0 Å². The van der Waals surface area contributed by atoms with Crippen LogP contribution in [0.4, 0.5) is 17.5 Å². The highest BCUT2D eigenvalue weighted by Gasteiger charge is 2.24. The van der Waals surface area contributed by atoms with E-state index >= 15 is 0 Å². The molecule has 11 nitrogen and oxygen atoms in total. The van der Waals surface area contributed by atoms with Gasteiger partial charge in [0.15, 0.2) is 5.82 Å². The van der Waals surface area contributed by atoms with E-state index in [-0.39, 0.29) is 0 Å². The Morgan fingerprint density at radius 1 is 0.897 bits per heavy atom. The van der Waals surface area contributed by atoms with Crippen LogP contribution < -0.4 is 25.0 Å². The number of pyridine rings is 1. The minimum Gasteiger partial charge on any atom is -0.497 e. The number of fused-ring (bicyclic) bond motifs is 1. The standard InChI is InChI=1S/C28H25N9O2/c1-38-21-6-2-19(3-7-21)25-24(18-29)26(36-16-14-31-15-17-36)33-28-34-27(35-37(25)28)32-20-4-8-22(9-5-20)39-23-10-12-30-13-11-23/h2-13,31H,14-17H2,1H3,(H,32,35). The van der Waals surface area contributed by atoms with Crippen LogP contribution in [0.3, 0.4) is 0 Å². The van der Waals surface area contributed by atoms with E-state index in [0.717, 1.165) is 43.2 Å². The number of hydrogen-bond donors (Lipinski definition) is 2. The average Bonchev–Trinajstić information content (AvgIpc) is 3.40. The van der Waals surface area contributed by atoms with Crippen LogP contribution in [0, 0.1) is 11.3 Å². The third-order valence-electron chi connectivity index (χ3n) is 6.36. The fourth-order valence-corrected chi connectivity index (χ4v) is 4.44. The Balaban J connectivity index is 1.37. The largest absolute Gasteiger partial charge is 0.497 e. The van der Waals surface area contributed by atoms with Gasteiger partial charge in [0.1, 0.15) is 28.9 Å². The van der Waals surface area contributed by atoms with Crippen molar-refractivity contribution in [3.05, 3.63) is 78.6 Å². The molecule has 0 saturated carbocycles. The number of nitrogens with one attached hydrogen (secondary N) is 2. The van der Waals surface area contributed by atoms with Crippen molar-refractivity contribution in [2.45, 2.75) is 0 Å². The van der Waals surface area contributed by atoms with Crippen LogP contribution in [0.5, 0.6) is 17.2 Å². The number of piperazine rings is 1. The van der Waals surface area contributed by atoms with E-state index in [1.807, 2.05) is 48.5 Å². The lowest BCUT2D eigenvalue weighted by Crippen LogP contribution is -2.44. The van der Waals surface area contributed by atoms with Gasteiger partial charge in [-0.25, -0.2) is 0 Å². The summed E-state index contributed by atoms with van der Waals surface area (Å²) in [4.78, 5) is 15.6. The Bertz CT molecular complexity index is 1620. The van der Waals surface area contributed by atoms with E-state index in [0.29, 0.717) is 40.3 Å². The number of rotatable bonds is 7. The van der Waals surface area contributed by atoms with Crippen molar-refractivity contribution in [2.24, 2.45) is 0 Å². The molecular formula is C28H25N9O2. The van der Waals surface area contributed by atoms with E-state index in [1.165, 1.54) is 0 Å². The molecule has 0 aliphatic carbocycles. The summed E-state index contributed by atoms with van der Waals surface area (Å²) < 4.78 is 12.8. The molecule has 2 N–H and O–H groups in total. The maximum atomic E-state index is 10.3. The molecule has 0 radical (unpaired) electrons. The highest BCUT2D eigenvalue weighted by atomic mass is 16.5. The number of methoxy groups -OCH3 is 1. The monoisotopic (exact) mass is 519 g/mol. The summed E-state index contributed by atoms with van der Waals surface area (Å²) >= 11 is 0. The third kappa shape index (κ3) is 5.01. The Labute approximate surface area is 224 Å². The average molecular weight is 520 g/mol. The van der Waals surface area contributed by atoms with Gasteiger partial charge in [0.2, 0.25) is 5.95 Å². The molecule has 5 aromatic rings. The maximum absolute atomic E-state index is 10.3. The fraction of sp³-hybridized carbons (Fsp3) is 0.179. The van der Waals surface area contributed by atoms with Crippen molar-refractivity contribution in [3.63, 3.8) is 0 Å². The molecule has 1 aliphatic rings. The lowest BCUT2D eigenvalue weighted by atomic mass is 10.1. The van der Waals surface area contributed by atoms with Crippen molar-refractivity contribution < 1.29 is 9.47 Å². The highest BCUT2D eigenvalue weighted by molar-refractivity contribution is 5.76. The molecular weight excluding hydrogens is 494 g/mol. The van der Waals surface area contributed by atoms with Crippen molar-refractivity contribution in [3.8, 4) is 34.6 Å². The number of ether oxygens (including phenoxy) is 2. The normalized spacial score (nSPS) is 13.2. The minimum absolute atomic E-state index is 0.362. The topological polar surface area (TPSA) is 126 Å². The highest BCUT2D eigenvalue weighted by Crippen LogP contribution is 2.32. The quantitative estimate of drug-likeness (QED) is 0.326. The summed E-state index contributed by atoms with van der Waals surface area (Å²) in [7, 11) is 1.62. The van der Waals surface area contributed by atoms with Gasteiger partial charge >= 0.3 is 0 Å². The Morgan fingerprint density at radius 2 is 1.59 bits per heavy atom. The fourth-order valence-electron chi connectivity index (χ4n) is 4.44. The zero-order valence-electron chi connectivity index (χ0n) is 21.2. The summed E-state index contributed by atoms with van der Waals surface area (Å²) in [6.07, 6.45) is 3.36. The Morgan fingerprint density at radius 3 is 2.28 bits per heavy atom. The van der Waals surface area contributed by atoms with E-state index in [9.17, 15) is 5.26 Å². The number of nitrogens with zero attached hydrogens (tertiary/aromatic N) is 7.